The lowest BCUT2D eigenvalue weighted by molar-refractivity contribution is -0.156. The minimum Gasteiger partial charge on any atom is -0.481 e. The summed E-state index contributed by atoms with van der Waals surface area (Å²) in [4.78, 5) is 27.7. The van der Waals surface area contributed by atoms with Crippen molar-refractivity contribution in [3.05, 3.63) is 23.0 Å². The smallest absolute Gasteiger partial charge is 0.316 e. The number of nitrogens with one attached hydrogen (secondary N) is 1. The van der Waals surface area contributed by atoms with Crippen molar-refractivity contribution in [2.24, 2.45) is 5.92 Å². The van der Waals surface area contributed by atoms with Crippen LogP contribution in [0.2, 0.25) is 0 Å². The van der Waals surface area contributed by atoms with Crippen LogP contribution in [0.25, 0.3) is 0 Å². The van der Waals surface area contributed by atoms with Gasteiger partial charge in [0.1, 0.15) is 11.7 Å². The summed E-state index contributed by atoms with van der Waals surface area (Å²) in [7, 11) is 0. The van der Waals surface area contributed by atoms with Crippen molar-refractivity contribution < 1.29 is 24.5 Å². The third kappa shape index (κ3) is 2.20. The van der Waals surface area contributed by atoms with E-state index in [9.17, 15) is 19.8 Å². The lowest BCUT2D eigenvalue weighted by atomic mass is 9.73. The molecule has 8 heteroatoms. The van der Waals surface area contributed by atoms with Crippen molar-refractivity contribution in [1.29, 1.82) is 0 Å². The maximum atomic E-state index is 12.1. The summed E-state index contributed by atoms with van der Waals surface area (Å²) in [6.07, 6.45) is 1.85. The number of aliphatic carboxylic acids is 1. The highest BCUT2D eigenvalue weighted by Gasteiger charge is 2.52. The molecule has 0 aromatic carbocycles. The minimum absolute atomic E-state index is 0. The monoisotopic (exact) mass is 309 g/mol. The second kappa shape index (κ2) is 5.22. The summed E-state index contributed by atoms with van der Waals surface area (Å²) in [5, 5.41) is 21.5. The maximum absolute atomic E-state index is 12.1. The first-order chi connectivity index (χ1) is 9.86. The van der Waals surface area contributed by atoms with Crippen LogP contribution in [0, 0.1) is 12.8 Å². The standard InChI is InChI=1S/C14H16N2O5.H3N/c1-6-11-9(7(5-17)4-15-6)8-3-14(2,21-11)16-12(18)10(8)13(19)20;/h4,8,10,17H,3,5H2,1-2H3,(H,16,18)(H,19,20);1H3. The first-order valence-electron chi connectivity index (χ1n) is 6.69. The SMILES string of the molecule is Cc1ncc(CO)c2c1OC1(C)CC2C(C(=O)O)C(=O)N1.N. The van der Waals surface area contributed by atoms with Gasteiger partial charge < -0.3 is 26.4 Å². The van der Waals surface area contributed by atoms with Crippen LogP contribution in [0.3, 0.4) is 0 Å². The lowest BCUT2D eigenvalue weighted by Gasteiger charge is -2.46. The molecule has 0 saturated carbocycles. The molecule has 0 radical (unpaired) electrons. The molecule has 1 fully saturated rings. The summed E-state index contributed by atoms with van der Waals surface area (Å²) in [5.41, 5.74) is 0.757. The van der Waals surface area contributed by atoms with E-state index in [1.165, 1.54) is 6.20 Å². The highest BCUT2D eigenvalue weighted by molar-refractivity contribution is 5.99. The van der Waals surface area contributed by atoms with Gasteiger partial charge in [-0.1, -0.05) is 0 Å². The average Bonchev–Trinajstić information content (AvgIpc) is 2.38. The Morgan fingerprint density at radius 1 is 1.59 bits per heavy atom. The number of aliphatic hydroxyl groups excluding tert-OH is 1. The molecule has 2 aliphatic heterocycles. The van der Waals surface area contributed by atoms with E-state index in [0.717, 1.165) is 0 Å². The highest BCUT2D eigenvalue weighted by Crippen LogP contribution is 2.48. The zero-order valence-electron chi connectivity index (χ0n) is 12.4. The summed E-state index contributed by atoms with van der Waals surface area (Å²) in [6.45, 7) is 3.19. The molecule has 1 amide bonds. The molecule has 120 valence electrons. The van der Waals surface area contributed by atoms with Crippen molar-refractivity contribution in [1.82, 2.24) is 16.5 Å². The Bertz CT molecular complexity index is 648. The van der Waals surface area contributed by atoms with E-state index < -0.39 is 29.4 Å². The van der Waals surface area contributed by atoms with Crippen LogP contribution < -0.4 is 16.2 Å². The fraction of sp³-hybridized carbons (Fsp3) is 0.500. The van der Waals surface area contributed by atoms with Gasteiger partial charge in [-0.2, -0.15) is 0 Å². The molecule has 1 saturated heterocycles. The fourth-order valence-electron chi connectivity index (χ4n) is 3.26. The average molecular weight is 309 g/mol. The molecule has 0 aliphatic carbocycles. The molecule has 3 unspecified atom stereocenters. The van der Waals surface area contributed by atoms with Crippen LogP contribution in [0.5, 0.6) is 5.75 Å². The summed E-state index contributed by atoms with van der Waals surface area (Å²) >= 11 is 0. The third-order valence-electron chi connectivity index (χ3n) is 4.15. The predicted molar refractivity (Wildman–Crippen MR) is 75.6 cm³/mol. The van der Waals surface area contributed by atoms with Gasteiger partial charge in [0.15, 0.2) is 5.72 Å². The van der Waals surface area contributed by atoms with Crippen LogP contribution in [0.4, 0.5) is 0 Å². The van der Waals surface area contributed by atoms with E-state index in [2.05, 4.69) is 10.3 Å². The Hall–Kier alpha value is -2.19. The zero-order chi connectivity index (χ0) is 15.4. The molecule has 1 aromatic heterocycles. The number of carbonyl (C=O) groups is 2. The zero-order valence-corrected chi connectivity index (χ0v) is 12.4. The molecule has 3 heterocycles. The molecule has 3 atom stereocenters. The largest absolute Gasteiger partial charge is 0.481 e. The summed E-state index contributed by atoms with van der Waals surface area (Å²) < 4.78 is 5.86. The number of aliphatic hydroxyl groups is 1. The third-order valence-corrected chi connectivity index (χ3v) is 4.15. The van der Waals surface area contributed by atoms with E-state index >= 15 is 0 Å². The van der Waals surface area contributed by atoms with E-state index in [1.807, 2.05) is 0 Å². The van der Waals surface area contributed by atoms with Gasteiger partial charge in [-0.25, -0.2) is 0 Å². The Labute approximate surface area is 127 Å². The number of hydrogen-bond donors (Lipinski definition) is 4. The van der Waals surface area contributed by atoms with Gasteiger partial charge >= 0.3 is 5.97 Å². The summed E-state index contributed by atoms with van der Waals surface area (Å²) in [5.74, 6) is -3.00. The number of hydrogen-bond acceptors (Lipinski definition) is 6. The number of pyridine rings is 1. The van der Waals surface area contributed by atoms with Crippen molar-refractivity contribution in [2.75, 3.05) is 0 Å². The number of piperidine rings is 1. The van der Waals surface area contributed by atoms with Gasteiger partial charge in [-0.3, -0.25) is 14.6 Å². The van der Waals surface area contributed by atoms with Gasteiger partial charge in [-0.15, -0.1) is 0 Å². The Morgan fingerprint density at radius 3 is 2.86 bits per heavy atom. The number of amides is 1. The molecular formula is C14H19N3O5. The number of carbonyl (C=O) groups excluding carboxylic acids is 1. The van der Waals surface area contributed by atoms with Crippen molar-refractivity contribution in [2.45, 2.75) is 38.5 Å². The van der Waals surface area contributed by atoms with Crippen LogP contribution >= 0.6 is 0 Å². The van der Waals surface area contributed by atoms with Gasteiger partial charge in [0.25, 0.3) is 0 Å². The second-order valence-electron chi connectivity index (χ2n) is 5.72. The number of ether oxygens (including phenoxy) is 1. The van der Waals surface area contributed by atoms with Crippen LogP contribution in [0.1, 0.15) is 36.1 Å². The topological polar surface area (TPSA) is 144 Å². The molecule has 2 bridgehead atoms. The molecule has 0 spiro atoms. The molecule has 3 rings (SSSR count). The number of aryl methyl sites for hydroxylation is 1. The molecule has 2 aliphatic rings. The second-order valence-corrected chi connectivity index (χ2v) is 5.72. The minimum atomic E-state index is -1.19. The first-order valence-corrected chi connectivity index (χ1v) is 6.69. The Balaban J connectivity index is 0.00000176. The Morgan fingerprint density at radius 2 is 2.27 bits per heavy atom. The van der Waals surface area contributed by atoms with Crippen molar-refractivity contribution >= 4 is 11.9 Å². The molecule has 8 nitrogen and oxygen atoms in total. The molecule has 22 heavy (non-hydrogen) atoms. The predicted octanol–water partition coefficient (Wildman–Crippen LogP) is 0.457. The molecule has 6 N–H and O–H groups in total. The molecular weight excluding hydrogens is 290 g/mol. The number of carboxylic acid groups (broad SMARTS) is 1. The Kier molecular flexibility index (Phi) is 3.84. The maximum Gasteiger partial charge on any atom is 0.316 e. The van der Waals surface area contributed by atoms with Gasteiger partial charge in [0, 0.05) is 29.7 Å². The van der Waals surface area contributed by atoms with Crippen molar-refractivity contribution in [3.8, 4) is 5.75 Å². The summed E-state index contributed by atoms with van der Waals surface area (Å²) in [6, 6.07) is 0. The number of nitrogens with zero attached hydrogens (tertiary/aromatic N) is 1. The van der Waals surface area contributed by atoms with E-state index in [-0.39, 0.29) is 12.8 Å². The number of rotatable bonds is 2. The number of carboxylic acids is 1. The number of fused-ring (bicyclic) bond motifs is 4. The van der Waals surface area contributed by atoms with Crippen LogP contribution in [0.15, 0.2) is 6.20 Å². The van der Waals surface area contributed by atoms with Gasteiger partial charge in [0.05, 0.1) is 12.3 Å². The number of aromatic nitrogens is 1. The van der Waals surface area contributed by atoms with E-state index in [1.54, 1.807) is 13.8 Å². The van der Waals surface area contributed by atoms with Crippen LogP contribution in [-0.4, -0.2) is 32.8 Å². The van der Waals surface area contributed by atoms with Gasteiger partial charge in [0.2, 0.25) is 5.91 Å². The first kappa shape index (κ1) is 16.2. The molecule has 1 aromatic rings. The van der Waals surface area contributed by atoms with E-state index in [4.69, 9.17) is 4.74 Å². The highest BCUT2D eigenvalue weighted by atomic mass is 16.5. The lowest BCUT2D eigenvalue weighted by Crippen LogP contribution is -2.62. The van der Waals surface area contributed by atoms with Crippen molar-refractivity contribution in [3.63, 3.8) is 0 Å². The van der Waals surface area contributed by atoms with Crippen LogP contribution in [-0.2, 0) is 16.2 Å². The fourth-order valence-corrected chi connectivity index (χ4v) is 3.26. The normalized spacial score (nSPS) is 28.8. The quantitative estimate of drug-likeness (QED) is 0.581. The van der Waals surface area contributed by atoms with Gasteiger partial charge in [-0.05, 0) is 13.8 Å². The van der Waals surface area contributed by atoms with E-state index in [0.29, 0.717) is 29.0 Å².